The second-order valence-corrected chi connectivity index (χ2v) is 30.4. The van der Waals surface area contributed by atoms with Gasteiger partial charge in [0.15, 0.2) is 0 Å². The maximum absolute atomic E-state index is 15.6. The number of benzene rings is 2. The highest BCUT2D eigenvalue weighted by Crippen LogP contribution is 2.26. The van der Waals surface area contributed by atoms with Gasteiger partial charge < -0.3 is 70.7 Å². The van der Waals surface area contributed by atoms with Gasteiger partial charge in [-0.15, -0.1) is 0 Å². The van der Waals surface area contributed by atoms with Crippen LogP contribution >= 0.6 is 0 Å². The highest BCUT2D eigenvalue weighted by Gasteiger charge is 2.44. The molecule has 2 aromatic rings. The molecule has 0 aromatic heterocycles. The van der Waals surface area contributed by atoms with Gasteiger partial charge in [0.2, 0.25) is 70.9 Å². The van der Waals surface area contributed by atoms with Gasteiger partial charge in [0.05, 0.1) is 25.2 Å². The molecule has 0 bridgehead atoms. The molecule has 2 saturated heterocycles. The first kappa shape index (κ1) is 89.2. The van der Waals surface area contributed by atoms with Crippen LogP contribution in [0.4, 0.5) is 13.2 Å². The number of piperidine rings is 1. The van der Waals surface area contributed by atoms with E-state index in [1.165, 1.54) is 52.1 Å². The van der Waals surface area contributed by atoms with Crippen molar-refractivity contribution >= 4 is 70.9 Å². The average Bonchev–Trinajstić information content (AvgIpc) is 0.836. The molecule has 29 heteroatoms. The van der Waals surface area contributed by atoms with E-state index in [0.29, 0.717) is 37.1 Å². The minimum atomic E-state index is -5.01. The molecule has 1 unspecified atom stereocenters. The van der Waals surface area contributed by atoms with Crippen molar-refractivity contribution < 1.29 is 80.5 Å². The van der Waals surface area contributed by atoms with E-state index in [4.69, 9.17) is 4.74 Å². The van der Waals surface area contributed by atoms with Gasteiger partial charge in [0.1, 0.15) is 60.5 Å². The summed E-state index contributed by atoms with van der Waals surface area (Å²) in [6, 6.07) is 4.01. The minimum absolute atomic E-state index is 0.0285. The van der Waals surface area contributed by atoms with Gasteiger partial charge in [-0.2, -0.15) is 13.2 Å². The average molecular weight is 1480 g/mol. The third kappa shape index (κ3) is 27.9. The van der Waals surface area contributed by atoms with Crippen LogP contribution in [-0.4, -0.2) is 257 Å². The van der Waals surface area contributed by atoms with E-state index >= 15 is 24.0 Å². The fourth-order valence-corrected chi connectivity index (χ4v) is 13.2. The van der Waals surface area contributed by atoms with Crippen molar-refractivity contribution in [2.24, 2.45) is 17.8 Å². The largest absolute Gasteiger partial charge is 0.414 e. The Hall–Kier alpha value is -8.21. The van der Waals surface area contributed by atoms with Gasteiger partial charge in [-0.25, -0.2) is 0 Å². The molecule has 12 amide bonds. The standard InChI is InChI=1S/C76H119F3N12O14/c1-18-57-66(96)82-53(34-29-35-62(92)76(77,78)79)70(100)85(12)45-65(95)87(14)58(19-2)67(97)84-56(46-105-75(9,10)11)72(102)90(17)61(42-51-32-25-21-26-33-51)74(104)89(16)59(40-49(7)8)69(99)83-55(73(103)91-36-27-22-28-37-91)44-63(93)81-54(39-48(5)6)71(101)88(15)60(41-50-30-23-20-24-31-50)68(98)80-52(38-47(3)4)43-64(94)86(57)13/h20-21,23-26,30-33,47-49,52-62,92H,18-19,22,27-29,34-46H2,1-17H3,(H,80,98)(H,81,93)(H,82,96)(H,83,99)(H,84,97)/t52-,53-,54+,55-,56-,57-,58-,59-,60-,61-,62?/m0/s1. The fourth-order valence-electron chi connectivity index (χ4n) is 13.2. The lowest BCUT2D eigenvalue weighted by Gasteiger charge is -2.37. The second kappa shape index (κ2) is 41.6. The van der Waals surface area contributed by atoms with E-state index in [1.807, 2.05) is 41.5 Å². The van der Waals surface area contributed by atoms with Crippen LogP contribution in [0.3, 0.4) is 0 Å². The van der Waals surface area contributed by atoms with Crippen LogP contribution in [0.1, 0.15) is 171 Å². The summed E-state index contributed by atoms with van der Waals surface area (Å²) in [6.07, 6.45) is -8.45. The molecule has 0 radical (unpaired) electrons. The summed E-state index contributed by atoms with van der Waals surface area (Å²) in [5, 5.41) is 24.0. The molecular weight excluding hydrogens is 1360 g/mol. The molecular formula is C76H119F3N12O14. The molecule has 4 rings (SSSR count). The zero-order chi connectivity index (χ0) is 79.0. The van der Waals surface area contributed by atoms with Crippen LogP contribution in [0.5, 0.6) is 0 Å². The van der Waals surface area contributed by atoms with E-state index in [2.05, 4.69) is 26.6 Å². The fraction of sp³-hybridized carbons (Fsp3) is 0.684. The molecule has 6 N–H and O–H groups in total. The topological polar surface area (TPSA) is 317 Å². The first-order valence-electron chi connectivity index (χ1n) is 36.9. The van der Waals surface area contributed by atoms with E-state index in [9.17, 15) is 51.8 Å². The van der Waals surface area contributed by atoms with Crippen molar-refractivity contribution in [1.82, 2.24) is 60.9 Å². The maximum Gasteiger partial charge on any atom is 0.414 e. The number of hydrogen-bond acceptors (Lipinski definition) is 14. The van der Waals surface area contributed by atoms with Crippen LogP contribution in [0.2, 0.25) is 0 Å². The summed E-state index contributed by atoms with van der Waals surface area (Å²) in [4.78, 5) is 187. The zero-order valence-corrected chi connectivity index (χ0v) is 64.8. The Kier molecular flexibility index (Phi) is 35.4. The lowest BCUT2D eigenvalue weighted by Crippen LogP contribution is -2.61. The summed E-state index contributed by atoms with van der Waals surface area (Å²) in [5.74, 6) is -9.87. The highest BCUT2D eigenvalue weighted by atomic mass is 19.4. The monoisotopic (exact) mass is 1480 g/mol. The Balaban J connectivity index is 1.97. The lowest BCUT2D eigenvalue weighted by molar-refractivity contribution is -0.205. The maximum atomic E-state index is 15.6. The SMILES string of the molecule is CC[C@H]1C(=O)N[C@@H](CCCC(O)C(F)(F)F)C(=O)N(C)CC(=O)N(C)[C@@H](CC)C(=O)N[C@@H](COC(C)(C)C)C(=O)N(C)[C@@H](Cc2ccccc2)C(=O)N(C)[C@@H](CC(C)C)C(=O)N[C@H](C(=O)N2CCCCC2)CC(=O)N[C@H](CC(C)C)C(=O)N(C)[C@@H](Cc2ccccc2)C(=O)N[C@@H](CC(C)C)CC(=O)N1C. The van der Waals surface area contributed by atoms with Crippen LogP contribution in [0, 0.1) is 17.8 Å². The second-order valence-electron chi connectivity index (χ2n) is 30.4. The van der Waals surface area contributed by atoms with Crippen molar-refractivity contribution in [2.75, 3.05) is 68.5 Å². The number of likely N-dealkylation sites (N-methyl/N-ethyl adjacent to an activating group) is 6. The van der Waals surface area contributed by atoms with E-state index in [-0.39, 0.29) is 69.1 Å². The Morgan fingerprint density at radius 1 is 0.524 bits per heavy atom. The molecule has 2 heterocycles. The molecule has 2 aromatic carbocycles. The minimum Gasteiger partial charge on any atom is -0.384 e. The Morgan fingerprint density at radius 2 is 0.990 bits per heavy atom. The lowest BCUT2D eigenvalue weighted by atomic mass is 9.97. The number of aliphatic hydroxyl groups is 1. The summed E-state index contributed by atoms with van der Waals surface area (Å²) >= 11 is 0. The Morgan fingerprint density at radius 3 is 1.50 bits per heavy atom. The quantitative estimate of drug-likeness (QED) is 0.106. The van der Waals surface area contributed by atoms with Crippen molar-refractivity contribution in [2.45, 2.75) is 251 Å². The van der Waals surface area contributed by atoms with Crippen LogP contribution in [0.25, 0.3) is 0 Å². The van der Waals surface area contributed by atoms with Crippen molar-refractivity contribution in [1.29, 1.82) is 0 Å². The number of halogens is 3. The first-order chi connectivity index (χ1) is 49.1. The summed E-state index contributed by atoms with van der Waals surface area (Å²) < 4.78 is 47.0. The third-order valence-corrected chi connectivity index (χ3v) is 19.2. The normalized spacial score (nSPS) is 24.7. The predicted molar refractivity (Wildman–Crippen MR) is 391 cm³/mol. The number of likely N-dealkylation sites (tertiary alicyclic amines) is 1. The van der Waals surface area contributed by atoms with Gasteiger partial charge in [0, 0.05) is 80.7 Å². The molecule has 11 atom stereocenters. The van der Waals surface area contributed by atoms with Gasteiger partial charge in [-0.3, -0.25) is 57.5 Å². The van der Waals surface area contributed by atoms with Gasteiger partial charge in [-0.1, -0.05) is 116 Å². The molecule has 105 heavy (non-hydrogen) atoms. The zero-order valence-electron chi connectivity index (χ0n) is 64.8. The summed E-state index contributed by atoms with van der Waals surface area (Å²) in [7, 11) is 8.01. The number of nitrogens with one attached hydrogen (secondary N) is 5. The van der Waals surface area contributed by atoms with Crippen LogP contribution in [-0.2, 0) is 75.1 Å². The van der Waals surface area contributed by atoms with Gasteiger partial charge in [-0.05, 0) is 120 Å². The van der Waals surface area contributed by atoms with Crippen molar-refractivity contribution in [3.8, 4) is 0 Å². The molecule has 0 spiro atoms. The molecule has 0 saturated carbocycles. The molecule has 2 aliphatic rings. The van der Waals surface area contributed by atoms with E-state index in [0.717, 1.165) is 26.0 Å². The number of ether oxygens (including phenoxy) is 1. The molecule has 2 fully saturated rings. The van der Waals surface area contributed by atoms with Crippen molar-refractivity contribution in [3.63, 3.8) is 0 Å². The number of aliphatic hydroxyl groups excluding tert-OH is 1. The van der Waals surface area contributed by atoms with Crippen LogP contribution in [0.15, 0.2) is 60.7 Å². The van der Waals surface area contributed by atoms with Gasteiger partial charge in [0.25, 0.3) is 0 Å². The molecule has 26 nitrogen and oxygen atoms in total. The van der Waals surface area contributed by atoms with Gasteiger partial charge >= 0.3 is 6.18 Å². The van der Waals surface area contributed by atoms with E-state index < -0.39 is 188 Å². The van der Waals surface area contributed by atoms with Crippen molar-refractivity contribution in [3.05, 3.63) is 71.8 Å². The summed E-state index contributed by atoms with van der Waals surface area (Å²) in [5.41, 5.74) is 0.351. The smallest absolute Gasteiger partial charge is 0.384 e. The van der Waals surface area contributed by atoms with E-state index in [1.54, 1.807) is 100 Å². The number of hydrogen-bond donors (Lipinski definition) is 6. The summed E-state index contributed by atoms with van der Waals surface area (Å²) in [6.45, 7) is 18.8. The molecule has 588 valence electrons. The highest BCUT2D eigenvalue weighted by molar-refractivity contribution is 5.99. The number of nitrogens with zero attached hydrogens (tertiary/aromatic N) is 7. The predicted octanol–water partition coefficient (Wildman–Crippen LogP) is 5.16. The number of amides is 12. The number of rotatable bonds is 19. The Labute approximate surface area is 618 Å². The number of carbonyl (C=O) groups excluding carboxylic acids is 12. The number of carbonyl (C=O) groups is 12. The first-order valence-corrected chi connectivity index (χ1v) is 36.9. The molecule has 2 aliphatic heterocycles. The Bertz CT molecular complexity index is 3220. The molecule has 0 aliphatic carbocycles. The number of alkyl halides is 3. The third-order valence-electron chi connectivity index (χ3n) is 19.2. The van der Waals surface area contributed by atoms with Crippen LogP contribution < -0.4 is 26.6 Å².